The van der Waals surface area contributed by atoms with Crippen LogP contribution >= 0.6 is 0 Å². The lowest BCUT2D eigenvalue weighted by Crippen LogP contribution is -2.41. The predicted octanol–water partition coefficient (Wildman–Crippen LogP) is 4.10. The SMILES string of the molecule is CC[C@H](COC)Cn1c(-c2cc3ccc(OC)nc3n2CC2CC2)nc2cc(C(=O)N3C[C@H]4CC[C@@H]3[C@@H]4N)cnc21. The first kappa shape index (κ1) is 26.4. The molecule has 0 spiro atoms. The zero-order valence-corrected chi connectivity index (χ0v) is 24.1. The van der Waals surface area contributed by atoms with E-state index in [2.05, 4.69) is 28.2 Å². The number of rotatable bonds is 10. The van der Waals surface area contributed by atoms with Crippen LogP contribution in [-0.2, 0) is 17.8 Å². The van der Waals surface area contributed by atoms with Gasteiger partial charge in [-0.2, -0.15) is 4.98 Å². The third-order valence-electron chi connectivity index (χ3n) is 9.46. The summed E-state index contributed by atoms with van der Waals surface area (Å²) >= 11 is 0. The van der Waals surface area contributed by atoms with Gasteiger partial charge in [-0.05, 0) is 62.1 Å². The molecule has 2 saturated carbocycles. The molecule has 0 unspecified atom stereocenters. The summed E-state index contributed by atoms with van der Waals surface area (Å²) in [5.74, 6) is 2.77. The van der Waals surface area contributed by atoms with Crippen LogP contribution in [0.2, 0.25) is 0 Å². The Labute approximate surface area is 239 Å². The number of ether oxygens (including phenoxy) is 2. The molecule has 4 aromatic rings. The van der Waals surface area contributed by atoms with Crippen molar-refractivity contribution in [2.24, 2.45) is 23.5 Å². The molecule has 0 radical (unpaired) electrons. The van der Waals surface area contributed by atoms with Gasteiger partial charge in [-0.15, -0.1) is 0 Å². The summed E-state index contributed by atoms with van der Waals surface area (Å²) < 4.78 is 15.5. The van der Waals surface area contributed by atoms with Crippen molar-refractivity contribution >= 4 is 28.1 Å². The first-order chi connectivity index (χ1) is 20.0. The number of aromatic nitrogens is 5. The fraction of sp³-hybridized carbons (Fsp3) is 0.548. The second-order valence-electron chi connectivity index (χ2n) is 12.1. The van der Waals surface area contributed by atoms with E-state index >= 15 is 0 Å². The topological polar surface area (TPSA) is 113 Å². The molecule has 216 valence electrons. The van der Waals surface area contributed by atoms with Crippen LogP contribution in [0.15, 0.2) is 30.5 Å². The standard InChI is InChI=1S/C31H39N7O3/c1-4-18(17-40-2)14-38-29-23(11-22(13-33-29)31(39)37-16-21-7-9-24(37)27(21)32)34-30(38)25-12-20-8-10-26(41-3)35-28(20)36(25)15-19-5-6-19/h8,10-13,18-19,21,24,27H,4-7,9,14-17,32H2,1-3H3/t18-,21+,24+,27+/m0/s1. The largest absolute Gasteiger partial charge is 0.481 e. The normalized spacial score (nSPS) is 22.7. The van der Waals surface area contributed by atoms with E-state index < -0.39 is 0 Å². The summed E-state index contributed by atoms with van der Waals surface area (Å²) in [5.41, 5.74) is 10.4. The van der Waals surface area contributed by atoms with Gasteiger partial charge in [0.2, 0.25) is 5.88 Å². The van der Waals surface area contributed by atoms with Crippen molar-refractivity contribution < 1.29 is 14.3 Å². The molecule has 41 heavy (non-hydrogen) atoms. The molecule has 1 saturated heterocycles. The van der Waals surface area contributed by atoms with Gasteiger partial charge in [-0.1, -0.05) is 6.92 Å². The molecule has 4 aromatic heterocycles. The van der Waals surface area contributed by atoms with Gasteiger partial charge in [0, 0.05) is 62.4 Å². The summed E-state index contributed by atoms with van der Waals surface area (Å²) in [6.07, 6.45) is 7.21. The number of pyridine rings is 2. The number of likely N-dealkylation sites (tertiary alicyclic amines) is 1. The predicted molar refractivity (Wildman–Crippen MR) is 157 cm³/mol. The van der Waals surface area contributed by atoms with E-state index in [-0.39, 0.29) is 18.0 Å². The monoisotopic (exact) mass is 557 g/mol. The molecule has 2 aliphatic carbocycles. The quantitative estimate of drug-likeness (QED) is 0.312. The number of nitrogens with two attached hydrogens (primary N) is 1. The molecule has 5 heterocycles. The Bertz CT molecular complexity index is 1610. The lowest BCUT2D eigenvalue weighted by Gasteiger charge is -2.27. The second kappa shape index (κ2) is 10.4. The van der Waals surface area contributed by atoms with Crippen molar-refractivity contribution in [2.45, 2.75) is 64.2 Å². The summed E-state index contributed by atoms with van der Waals surface area (Å²) in [5, 5.41) is 1.05. The average molecular weight is 558 g/mol. The highest BCUT2D eigenvalue weighted by Crippen LogP contribution is 2.39. The Morgan fingerprint density at radius 2 is 1.95 bits per heavy atom. The Kier molecular flexibility index (Phi) is 6.70. The van der Waals surface area contributed by atoms with Crippen molar-refractivity contribution in [3.63, 3.8) is 0 Å². The van der Waals surface area contributed by atoms with Gasteiger partial charge >= 0.3 is 0 Å². The first-order valence-corrected chi connectivity index (χ1v) is 14.9. The van der Waals surface area contributed by atoms with Gasteiger partial charge in [0.1, 0.15) is 11.2 Å². The number of methoxy groups -OCH3 is 2. The smallest absolute Gasteiger partial charge is 0.255 e. The first-order valence-electron chi connectivity index (χ1n) is 14.9. The molecule has 3 fully saturated rings. The number of piperidine rings is 1. The van der Waals surface area contributed by atoms with Gasteiger partial charge in [0.25, 0.3) is 5.91 Å². The van der Waals surface area contributed by atoms with E-state index in [9.17, 15) is 4.79 Å². The Hall–Kier alpha value is -3.50. The molecule has 2 bridgehead atoms. The van der Waals surface area contributed by atoms with Crippen LogP contribution in [0.4, 0.5) is 0 Å². The highest BCUT2D eigenvalue weighted by molar-refractivity contribution is 5.97. The molecular formula is C31H39N7O3. The number of carbonyl (C=O) groups is 1. The minimum absolute atomic E-state index is 0.00288. The van der Waals surface area contributed by atoms with Crippen LogP contribution in [-0.4, -0.2) is 74.3 Å². The van der Waals surface area contributed by atoms with Gasteiger partial charge in [0.05, 0.1) is 25.0 Å². The fourth-order valence-corrected chi connectivity index (χ4v) is 6.89. The summed E-state index contributed by atoms with van der Waals surface area (Å²) in [6.45, 7) is 5.15. The molecule has 1 aliphatic heterocycles. The van der Waals surface area contributed by atoms with Crippen LogP contribution in [0.5, 0.6) is 5.88 Å². The minimum atomic E-state index is 0.00288. The van der Waals surface area contributed by atoms with E-state index in [1.165, 1.54) is 12.8 Å². The zero-order chi connectivity index (χ0) is 28.2. The maximum Gasteiger partial charge on any atom is 0.255 e. The number of hydrogen-bond donors (Lipinski definition) is 1. The summed E-state index contributed by atoms with van der Waals surface area (Å²) in [4.78, 5) is 30.4. The van der Waals surface area contributed by atoms with E-state index in [1.807, 2.05) is 17.0 Å². The Balaban J connectivity index is 1.35. The Morgan fingerprint density at radius 1 is 1.10 bits per heavy atom. The highest BCUT2D eigenvalue weighted by Gasteiger charge is 2.47. The number of amides is 1. The molecule has 0 aromatic carbocycles. The maximum absolute atomic E-state index is 13.6. The van der Waals surface area contributed by atoms with Crippen molar-refractivity contribution in [1.82, 2.24) is 29.0 Å². The van der Waals surface area contributed by atoms with Gasteiger partial charge in [-0.3, -0.25) is 4.79 Å². The van der Waals surface area contributed by atoms with E-state index in [4.69, 9.17) is 30.2 Å². The van der Waals surface area contributed by atoms with Gasteiger partial charge in [0.15, 0.2) is 11.5 Å². The average Bonchev–Trinajstić information content (AvgIpc) is 3.37. The third kappa shape index (κ3) is 4.57. The zero-order valence-electron chi connectivity index (χ0n) is 24.1. The van der Waals surface area contributed by atoms with E-state index in [0.29, 0.717) is 42.3 Å². The minimum Gasteiger partial charge on any atom is -0.481 e. The third-order valence-corrected chi connectivity index (χ3v) is 9.46. The van der Waals surface area contributed by atoms with Crippen molar-refractivity contribution in [3.8, 4) is 17.4 Å². The molecule has 2 N–H and O–H groups in total. The molecule has 1 amide bonds. The number of nitrogens with zero attached hydrogens (tertiary/aromatic N) is 6. The van der Waals surface area contributed by atoms with Crippen LogP contribution < -0.4 is 10.5 Å². The molecule has 7 rings (SSSR count). The Morgan fingerprint density at radius 3 is 2.63 bits per heavy atom. The lowest BCUT2D eigenvalue weighted by molar-refractivity contribution is 0.0700. The number of fused-ring (bicyclic) bond motifs is 4. The molecule has 10 nitrogen and oxygen atoms in total. The van der Waals surface area contributed by atoms with Gasteiger partial charge < -0.3 is 29.2 Å². The molecule has 3 aliphatic rings. The number of hydrogen-bond acceptors (Lipinski definition) is 7. The van der Waals surface area contributed by atoms with Crippen molar-refractivity contribution in [2.75, 3.05) is 27.4 Å². The highest BCUT2D eigenvalue weighted by atomic mass is 16.5. The van der Waals surface area contributed by atoms with Gasteiger partial charge in [-0.25, -0.2) is 9.97 Å². The van der Waals surface area contributed by atoms with E-state index in [0.717, 1.165) is 66.1 Å². The summed E-state index contributed by atoms with van der Waals surface area (Å²) in [7, 11) is 3.39. The number of carbonyl (C=O) groups excluding carboxylic acids is 1. The molecular weight excluding hydrogens is 518 g/mol. The van der Waals surface area contributed by atoms with Crippen LogP contribution in [0.3, 0.4) is 0 Å². The van der Waals surface area contributed by atoms with Crippen LogP contribution in [0.1, 0.15) is 49.4 Å². The second-order valence-corrected chi connectivity index (χ2v) is 12.1. The van der Waals surface area contributed by atoms with Crippen LogP contribution in [0, 0.1) is 17.8 Å². The molecule has 4 atom stereocenters. The lowest BCUT2D eigenvalue weighted by atomic mass is 10.1. The molecule has 10 heteroatoms. The van der Waals surface area contributed by atoms with Crippen molar-refractivity contribution in [1.29, 1.82) is 0 Å². The van der Waals surface area contributed by atoms with Crippen molar-refractivity contribution in [3.05, 3.63) is 36.0 Å². The van der Waals surface area contributed by atoms with Crippen LogP contribution in [0.25, 0.3) is 33.7 Å². The maximum atomic E-state index is 13.6. The van der Waals surface area contributed by atoms with E-state index in [1.54, 1.807) is 20.4 Å². The fourth-order valence-electron chi connectivity index (χ4n) is 6.89. The summed E-state index contributed by atoms with van der Waals surface area (Å²) in [6, 6.07) is 8.25. The number of imidazole rings is 1.